The Labute approximate surface area is 131 Å². The zero-order chi connectivity index (χ0) is 15.2. The van der Waals surface area contributed by atoms with E-state index in [0.29, 0.717) is 13.2 Å². The standard InChI is InChI=1S/C19H33NO/c1-2-3-4-5-6-7-8-11-18-12-9-13-19(16-18)17-21-15-10-14-20/h9,12-13,16H,2-8,10-11,14-15,17,20H2,1H3. The lowest BCUT2D eigenvalue weighted by molar-refractivity contribution is 0.120. The van der Waals surface area contributed by atoms with Gasteiger partial charge in [0.2, 0.25) is 0 Å². The smallest absolute Gasteiger partial charge is 0.0716 e. The number of benzene rings is 1. The van der Waals surface area contributed by atoms with Crippen molar-refractivity contribution in [1.82, 2.24) is 0 Å². The van der Waals surface area contributed by atoms with Gasteiger partial charge in [0.15, 0.2) is 0 Å². The summed E-state index contributed by atoms with van der Waals surface area (Å²) in [5.74, 6) is 0. The average Bonchev–Trinajstić information content (AvgIpc) is 2.51. The molecule has 0 aliphatic heterocycles. The van der Waals surface area contributed by atoms with Crippen LogP contribution in [0.4, 0.5) is 0 Å². The van der Waals surface area contributed by atoms with E-state index in [-0.39, 0.29) is 0 Å². The first kappa shape index (κ1) is 18.2. The first-order valence-corrected chi connectivity index (χ1v) is 8.72. The molecule has 0 spiro atoms. The molecule has 0 radical (unpaired) electrons. The van der Waals surface area contributed by atoms with Crippen LogP contribution in [0.3, 0.4) is 0 Å². The summed E-state index contributed by atoms with van der Waals surface area (Å²) < 4.78 is 5.62. The van der Waals surface area contributed by atoms with Crippen LogP contribution in [-0.2, 0) is 17.8 Å². The van der Waals surface area contributed by atoms with Crippen LogP contribution in [0, 0.1) is 0 Å². The summed E-state index contributed by atoms with van der Waals surface area (Å²) in [7, 11) is 0. The Bertz CT molecular complexity index is 351. The van der Waals surface area contributed by atoms with Gasteiger partial charge in [-0.05, 0) is 36.9 Å². The number of nitrogens with two attached hydrogens (primary N) is 1. The topological polar surface area (TPSA) is 35.2 Å². The largest absolute Gasteiger partial charge is 0.377 e. The SMILES string of the molecule is CCCCCCCCCc1cccc(COCCCN)c1. The fourth-order valence-corrected chi connectivity index (χ4v) is 2.54. The Balaban J connectivity index is 2.14. The number of unbranched alkanes of at least 4 members (excludes halogenated alkanes) is 6. The Kier molecular flexibility index (Phi) is 11.1. The summed E-state index contributed by atoms with van der Waals surface area (Å²) >= 11 is 0. The van der Waals surface area contributed by atoms with Crippen LogP contribution in [0.25, 0.3) is 0 Å². The molecule has 0 unspecified atom stereocenters. The monoisotopic (exact) mass is 291 g/mol. The van der Waals surface area contributed by atoms with Gasteiger partial charge in [-0.3, -0.25) is 0 Å². The first-order valence-electron chi connectivity index (χ1n) is 8.72. The summed E-state index contributed by atoms with van der Waals surface area (Å²) in [5, 5.41) is 0. The molecule has 120 valence electrons. The second-order valence-electron chi connectivity index (χ2n) is 5.89. The van der Waals surface area contributed by atoms with E-state index in [2.05, 4.69) is 31.2 Å². The van der Waals surface area contributed by atoms with Crippen LogP contribution >= 0.6 is 0 Å². The quantitative estimate of drug-likeness (QED) is 0.527. The predicted octanol–water partition coefficient (Wildman–Crippen LogP) is 4.85. The maximum atomic E-state index is 5.62. The van der Waals surface area contributed by atoms with E-state index in [4.69, 9.17) is 10.5 Å². The van der Waals surface area contributed by atoms with Crippen molar-refractivity contribution in [2.75, 3.05) is 13.2 Å². The normalized spacial score (nSPS) is 11.0. The lowest BCUT2D eigenvalue weighted by Gasteiger charge is -2.07. The van der Waals surface area contributed by atoms with Crippen molar-refractivity contribution in [3.05, 3.63) is 35.4 Å². The van der Waals surface area contributed by atoms with Crippen LogP contribution in [0.15, 0.2) is 24.3 Å². The molecule has 0 heterocycles. The average molecular weight is 291 g/mol. The van der Waals surface area contributed by atoms with Gasteiger partial charge in [0.25, 0.3) is 0 Å². The minimum absolute atomic E-state index is 0.707. The third-order valence-corrected chi connectivity index (χ3v) is 3.82. The van der Waals surface area contributed by atoms with Gasteiger partial charge in [-0.25, -0.2) is 0 Å². The van der Waals surface area contributed by atoms with Gasteiger partial charge in [0, 0.05) is 6.61 Å². The van der Waals surface area contributed by atoms with E-state index in [0.717, 1.165) is 13.0 Å². The molecule has 2 N–H and O–H groups in total. The van der Waals surface area contributed by atoms with Gasteiger partial charge in [0.05, 0.1) is 6.61 Å². The van der Waals surface area contributed by atoms with Crippen molar-refractivity contribution < 1.29 is 4.74 Å². The second kappa shape index (κ2) is 12.8. The van der Waals surface area contributed by atoms with Gasteiger partial charge in [-0.2, -0.15) is 0 Å². The maximum Gasteiger partial charge on any atom is 0.0716 e. The van der Waals surface area contributed by atoms with E-state index < -0.39 is 0 Å². The van der Waals surface area contributed by atoms with Crippen LogP contribution < -0.4 is 5.73 Å². The molecule has 0 aromatic heterocycles. The minimum atomic E-state index is 0.707. The molecule has 2 nitrogen and oxygen atoms in total. The molecule has 0 amide bonds. The molecule has 0 aliphatic carbocycles. The highest BCUT2D eigenvalue weighted by atomic mass is 16.5. The molecule has 0 saturated carbocycles. The van der Waals surface area contributed by atoms with E-state index >= 15 is 0 Å². The fourth-order valence-electron chi connectivity index (χ4n) is 2.54. The van der Waals surface area contributed by atoms with Crippen molar-refractivity contribution in [1.29, 1.82) is 0 Å². The van der Waals surface area contributed by atoms with Gasteiger partial charge < -0.3 is 10.5 Å². The van der Waals surface area contributed by atoms with Crippen LogP contribution in [0.5, 0.6) is 0 Å². The molecule has 0 saturated heterocycles. The lowest BCUT2D eigenvalue weighted by atomic mass is 10.0. The molecule has 0 fully saturated rings. The second-order valence-corrected chi connectivity index (χ2v) is 5.89. The Hall–Kier alpha value is -0.860. The Morgan fingerprint density at radius 1 is 0.905 bits per heavy atom. The number of rotatable bonds is 13. The fraction of sp³-hybridized carbons (Fsp3) is 0.684. The van der Waals surface area contributed by atoms with E-state index in [1.165, 1.54) is 62.5 Å². The van der Waals surface area contributed by atoms with Crippen LogP contribution in [0.1, 0.15) is 69.4 Å². The van der Waals surface area contributed by atoms with Gasteiger partial charge >= 0.3 is 0 Å². The summed E-state index contributed by atoms with van der Waals surface area (Å²) in [4.78, 5) is 0. The predicted molar refractivity (Wildman–Crippen MR) is 91.5 cm³/mol. The maximum absolute atomic E-state index is 5.62. The van der Waals surface area contributed by atoms with E-state index in [1.807, 2.05) is 0 Å². The van der Waals surface area contributed by atoms with E-state index in [1.54, 1.807) is 0 Å². The third-order valence-electron chi connectivity index (χ3n) is 3.82. The third kappa shape index (κ3) is 9.65. The lowest BCUT2D eigenvalue weighted by Crippen LogP contribution is -2.04. The molecular weight excluding hydrogens is 258 g/mol. The minimum Gasteiger partial charge on any atom is -0.377 e. The highest BCUT2D eigenvalue weighted by molar-refractivity contribution is 5.23. The molecule has 0 aliphatic rings. The van der Waals surface area contributed by atoms with Crippen molar-refractivity contribution in [3.8, 4) is 0 Å². The van der Waals surface area contributed by atoms with Crippen LogP contribution in [-0.4, -0.2) is 13.2 Å². The zero-order valence-electron chi connectivity index (χ0n) is 13.8. The molecular formula is C19H33NO. The summed E-state index contributed by atoms with van der Waals surface area (Å²) in [6.45, 7) is 4.45. The summed E-state index contributed by atoms with van der Waals surface area (Å²) in [6.07, 6.45) is 11.7. The highest BCUT2D eigenvalue weighted by Gasteiger charge is 1.98. The van der Waals surface area contributed by atoms with Crippen molar-refractivity contribution in [2.45, 2.75) is 71.3 Å². The van der Waals surface area contributed by atoms with Gasteiger partial charge in [-0.1, -0.05) is 69.7 Å². The molecule has 0 atom stereocenters. The first-order chi connectivity index (χ1) is 10.4. The van der Waals surface area contributed by atoms with Crippen molar-refractivity contribution in [3.63, 3.8) is 0 Å². The number of hydrogen-bond donors (Lipinski definition) is 1. The van der Waals surface area contributed by atoms with E-state index in [9.17, 15) is 0 Å². The zero-order valence-corrected chi connectivity index (χ0v) is 13.8. The van der Waals surface area contributed by atoms with Gasteiger partial charge in [0.1, 0.15) is 0 Å². The molecule has 0 bridgehead atoms. The Morgan fingerprint density at radius 3 is 2.38 bits per heavy atom. The van der Waals surface area contributed by atoms with Crippen molar-refractivity contribution >= 4 is 0 Å². The van der Waals surface area contributed by atoms with Crippen molar-refractivity contribution in [2.24, 2.45) is 5.73 Å². The Morgan fingerprint density at radius 2 is 1.62 bits per heavy atom. The number of hydrogen-bond acceptors (Lipinski definition) is 2. The number of aryl methyl sites for hydroxylation is 1. The van der Waals surface area contributed by atoms with Gasteiger partial charge in [-0.15, -0.1) is 0 Å². The molecule has 1 aromatic rings. The molecule has 21 heavy (non-hydrogen) atoms. The molecule has 1 aromatic carbocycles. The summed E-state index contributed by atoms with van der Waals surface area (Å²) in [6, 6.07) is 8.83. The van der Waals surface area contributed by atoms with Crippen LogP contribution in [0.2, 0.25) is 0 Å². The molecule has 2 heteroatoms. The number of ether oxygens (including phenoxy) is 1. The highest BCUT2D eigenvalue weighted by Crippen LogP contribution is 2.12. The summed E-state index contributed by atoms with van der Waals surface area (Å²) in [5.41, 5.74) is 8.19. The molecule has 1 rings (SSSR count).